The van der Waals surface area contributed by atoms with E-state index in [1.807, 2.05) is 6.92 Å². The molecule has 0 aliphatic carbocycles. The van der Waals surface area contributed by atoms with E-state index in [0.29, 0.717) is 25.1 Å². The minimum atomic E-state index is -0.885. The molecule has 0 radical (unpaired) electrons. The molecule has 92 valence electrons. The Hall–Kier alpha value is -1.55. The molecule has 2 rings (SSSR count). The number of hydrogen-bond donors (Lipinski definition) is 3. The van der Waals surface area contributed by atoms with Gasteiger partial charge in [-0.2, -0.15) is 0 Å². The number of nitrogens with one attached hydrogen (secondary N) is 1. The first-order valence-electron chi connectivity index (χ1n) is 5.81. The Bertz CT molecular complexity index is 432. The number of piperidine rings is 1. The number of hydrogen-bond acceptors (Lipinski definition) is 3. The van der Waals surface area contributed by atoms with Gasteiger partial charge in [0.15, 0.2) is 0 Å². The zero-order chi connectivity index (χ0) is 12.5. The van der Waals surface area contributed by atoms with Gasteiger partial charge in [-0.1, -0.05) is 19.1 Å². The van der Waals surface area contributed by atoms with E-state index in [-0.39, 0.29) is 11.7 Å². The van der Waals surface area contributed by atoms with Crippen LogP contribution in [0.2, 0.25) is 0 Å². The number of rotatable bonds is 2. The molecule has 1 aliphatic rings. The van der Waals surface area contributed by atoms with Crippen molar-refractivity contribution in [3.63, 3.8) is 0 Å². The van der Waals surface area contributed by atoms with E-state index in [1.54, 1.807) is 24.3 Å². The zero-order valence-corrected chi connectivity index (χ0v) is 9.81. The SMILES string of the molecule is C[C@H]1CNCC[C@]1(C(=O)O)c1cccc(O)c1. The van der Waals surface area contributed by atoms with Crippen LogP contribution in [-0.4, -0.2) is 29.3 Å². The van der Waals surface area contributed by atoms with Crippen LogP contribution in [0.3, 0.4) is 0 Å². The van der Waals surface area contributed by atoms with Crippen LogP contribution < -0.4 is 5.32 Å². The van der Waals surface area contributed by atoms with Crippen LogP contribution >= 0.6 is 0 Å². The number of benzene rings is 1. The normalized spacial score (nSPS) is 28.9. The summed E-state index contributed by atoms with van der Waals surface area (Å²) in [6, 6.07) is 6.61. The minimum Gasteiger partial charge on any atom is -0.508 e. The van der Waals surface area contributed by atoms with Gasteiger partial charge in [0.1, 0.15) is 5.75 Å². The van der Waals surface area contributed by atoms with Gasteiger partial charge in [-0.25, -0.2) is 0 Å². The molecule has 17 heavy (non-hydrogen) atoms. The first kappa shape index (κ1) is 11.9. The lowest BCUT2D eigenvalue weighted by atomic mass is 9.67. The van der Waals surface area contributed by atoms with Gasteiger partial charge in [-0.3, -0.25) is 4.79 Å². The fraction of sp³-hybridized carbons (Fsp3) is 0.462. The van der Waals surface area contributed by atoms with Crippen LogP contribution in [0, 0.1) is 5.92 Å². The number of phenolic OH excluding ortho intramolecular Hbond substituents is 1. The van der Waals surface area contributed by atoms with Crippen molar-refractivity contribution in [2.24, 2.45) is 5.92 Å². The Balaban J connectivity index is 2.50. The zero-order valence-electron chi connectivity index (χ0n) is 9.81. The predicted octanol–water partition coefficient (Wildman–Crippen LogP) is 1.34. The number of carboxylic acids is 1. The first-order chi connectivity index (χ1) is 8.07. The highest BCUT2D eigenvalue weighted by molar-refractivity contribution is 5.82. The summed E-state index contributed by atoms with van der Waals surface area (Å²) in [7, 11) is 0. The molecule has 1 heterocycles. The quantitative estimate of drug-likeness (QED) is 0.723. The minimum absolute atomic E-state index is 0.00412. The molecule has 0 unspecified atom stereocenters. The molecule has 0 aromatic heterocycles. The standard InChI is InChI=1S/C13H17NO3/c1-9-8-14-6-5-13(9,12(16)17)10-3-2-4-11(15)7-10/h2-4,7,9,14-15H,5-6,8H2,1H3,(H,16,17)/t9-,13+/m0/s1. The highest BCUT2D eigenvalue weighted by atomic mass is 16.4. The molecule has 4 heteroatoms. The lowest BCUT2D eigenvalue weighted by Gasteiger charge is -2.39. The molecule has 0 bridgehead atoms. The lowest BCUT2D eigenvalue weighted by molar-refractivity contribution is -0.147. The van der Waals surface area contributed by atoms with Crippen LogP contribution in [0.25, 0.3) is 0 Å². The van der Waals surface area contributed by atoms with Crippen molar-refractivity contribution in [1.82, 2.24) is 5.32 Å². The van der Waals surface area contributed by atoms with Gasteiger partial charge in [0.05, 0.1) is 5.41 Å². The summed E-state index contributed by atoms with van der Waals surface area (Å²) in [5, 5.41) is 22.3. The number of phenols is 1. The number of aliphatic carboxylic acids is 1. The number of carbonyl (C=O) groups is 1. The van der Waals surface area contributed by atoms with E-state index in [9.17, 15) is 15.0 Å². The summed E-state index contributed by atoms with van der Waals surface area (Å²) in [6.07, 6.45) is 0.549. The van der Waals surface area contributed by atoms with Gasteiger partial charge >= 0.3 is 5.97 Å². The predicted molar refractivity (Wildman–Crippen MR) is 64.1 cm³/mol. The maximum atomic E-state index is 11.7. The lowest BCUT2D eigenvalue weighted by Crippen LogP contribution is -2.51. The molecule has 1 aromatic carbocycles. The molecule has 1 aliphatic heterocycles. The van der Waals surface area contributed by atoms with Crippen LogP contribution in [0.4, 0.5) is 0 Å². The van der Waals surface area contributed by atoms with Crippen molar-refractivity contribution in [1.29, 1.82) is 0 Å². The van der Waals surface area contributed by atoms with Crippen LogP contribution in [0.15, 0.2) is 24.3 Å². The molecule has 1 aromatic rings. The first-order valence-corrected chi connectivity index (χ1v) is 5.81. The second kappa shape index (κ2) is 4.37. The average Bonchev–Trinajstić information content (AvgIpc) is 2.29. The Morgan fingerprint density at radius 2 is 2.29 bits per heavy atom. The van der Waals surface area contributed by atoms with Gasteiger partial charge in [-0.15, -0.1) is 0 Å². The van der Waals surface area contributed by atoms with E-state index in [4.69, 9.17) is 0 Å². The Morgan fingerprint density at radius 1 is 1.53 bits per heavy atom. The van der Waals surface area contributed by atoms with Crippen LogP contribution in [0.5, 0.6) is 5.75 Å². The maximum Gasteiger partial charge on any atom is 0.314 e. The molecular formula is C13H17NO3. The Kier molecular flexibility index (Phi) is 3.07. The second-order valence-electron chi connectivity index (χ2n) is 4.68. The molecule has 4 nitrogen and oxygen atoms in total. The highest BCUT2D eigenvalue weighted by Crippen LogP contribution is 2.39. The molecular weight excluding hydrogens is 218 g/mol. The summed E-state index contributed by atoms with van der Waals surface area (Å²) >= 11 is 0. The van der Waals surface area contributed by atoms with Crippen molar-refractivity contribution in [3.05, 3.63) is 29.8 Å². The van der Waals surface area contributed by atoms with Gasteiger partial charge in [0.2, 0.25) is 0 Å². The molecule has 0 saturated carbocycles. The average molecular weight is 235 g/mol. The van der Waals surface area contributed by atoms with Gasteiger partial charge in [0, 0.05) is 0 Å². The fourth-order valence-corrected chi connectivity index (χ4v) is 2.68. The molecule has 1 saturated heterocycles. The molecule has 2 atom stereocenters. The summed E-state index contributed by atoms with van der Waals surface area (Å²) in [5.41, 5.74) is -0.191. The largest absolute Gasteiger partial charge is 0.508 e. The number of carboxylic acid groups (broad SMARTS) is 1. The monoisotopic (exact) mass is 235 g/mol. The van der Waals surface area contributed by atoms with E-state index < -0.39 is 11.4 Å². The molecule has 3 N–H and O–H groups in total. The summed E-state index contributed by atoms with van der Waals surface area (Å²) in [4.78, 5) is 11.7. The Morgan fingerprint density at radius 3 is 2.88 bits per heavy atom. The maximum absolute atomic E-state index is 11.7. The van der Waals surface area contributed by atoms with Crippen molar-refractivity contribution in [2.75, 3.05) is 13.1 Å². The van der Waals surface area contributed by atoms with Crippen molar-refractivity contribution in [2.45, 2.75) is 18.8 Å². The number of aromatic hydroxyl groups is 1. The smallest absolute Gasteiger partial charge is 0.314 e. The van der Waals surface area contributed by atoms with E-state index in [1.165, 1.54) is 0 Å². The van der Waals surface area contributed by atoms with E-state index >= 15 is 0 Å². The third-order valence-electron chi connectivity index (χ3n) is 3.73. The molecule has 0 spiro atoms. The van der Waals surface area contributed by atoms with Crippen LogP contribution in [-0.2, 0) is 10.2 Å². The molecule has 0 amide bonds. The summed E-state index contributed by atoms with van der Waals surface area (Å²) < 4.78 is 0. The highest BCUT2D eigenvalue weighted by Gasteiger charge is 2.46. The summed E-state index contributed by atoms with van der Waals surface area (Å²) in [5.74, 6) is -0.693. The second-order valence-corrected chi connectivity index (χ2v) is 4.68. The van der Waals surface area contributed by atoms with Gasteiger partial charge in [0.25, 0.3) is 0 Å². The van der Waals surface area contributed by atoms with Gasteiger partial charge in [-0.05, 0) is 43.1 Å². The Labute approximate surface area is 100 Å². The van der Waals surface area contributed by atoms with Crippen molar-refractivity contribution >= 4 is 5.97 Å². The topological polar surface area (TPSA) is 69.6 Å². The molecule has 1 fully saturated rings. The van der Waals surface area contributed by atoms with Crippen molar-refractivity contribution < 1.29 is 15.0 Å². The van der Waals surface area contributed by atoms with Crippen molar-refractivity contribution in [3.8, 4) is 5.75 Å². The van der Waals surface area contributed by atoms with Gasteiger partial charge < -0.3 is 15.5 Å². The third-order valence-corrected chi connectivity index (χ3v) is 3.73. The fourth-order valence-electron chi connectivity index (χ4n) is 2.68. The summed E-state index contributed by atoms with van der Waals surface area (Å²) in [6.45, 7) is 3.30. The van der Waals surface area contributed by atoms with Crippen LogP contribution in [0.1, 0.15) is 18.9 Å². The third kappa shape index (κ3) is 1.89. The van der Waals surface area contributed by atoms with E-state index in [2.05, 4.69) is 5.32 Å². The van der Waals surface area contributed by atoms with E-state index in [0.717, 1.165) is 0 Å².